The Kier molecular flexibility index (Phi) is 4.52. The van der Waals surface area contributed by atoms with Crippen molar-refractivity contribution < 1.29 is 8.42 Å². The molecule has 2 aromatic carbocycles. The number of anilines is 2. The molecule has 1 aliphatic rings. The molecule has 0 unspecified atom stereocenters. The number of pyridine rings is 1. The molecule has 0 bridgehead atoms. The highest BCUT2D eigenvalue weighted by atomic mass is 35.5. The van der Waals surface area contributed by atoms with Crippen molar-refractivity contribution in [3.63, 3.8) is 0 Å². The highest BCUT2D eigenvalue weighted by Gasteiger charge is 2.34. The molecule has 0 spiro atoms. The second-order valence-corrected chi connectivity index (χ2v) is 9.18. The second-order valence-electron chi connectivity index (χ2n) is 6.94. The van der Waals surface area contributed by atoms with E-state index < -0.39 is 15.6 Å². The molecule has 0 radical (unpaired) electrons. The molecular weight excluding hydrogens is 412 g/mol. The van der Waals surface area contributed by atoms with Crippen molar-refractivity contribution in [1.29, 1.82) is 0 Å². The van der Waals surface area contributed by atoms with Crippen molar-refractivity contribution in [3.05, 3.63) is 68.9 Å². The van der Waals surface area contributed by atoms with Gasteiger partial charge in [0.25, 0.3) is 15.6 Å². The van der Waals surface area contributed by atoms with Gasteiger partial charge in [0.2, 0.25) is 0 Å². The summed E-state index contributed by atoms with van der Waals surface area (Å²) in [6.07, 6.45) is 1.82. The van der Waals surface area contributed by atoms with Crippen molar-refractivity contribution in [2.75, 3.05) is 29.8 Å². The van der Waals surface area contributed by atoms with Crippen LogP contribution < -0.4 is 14.8 Å². The normalized spacial score (nSPS) is 13.4. The van der Waals surface area contributed by atoms with Gasteiger partial charge in [0, 0.05) is 49.0 Å². The van der Waals surface area contributed by atoms with Gasteiger partial charge in [0.15, 0.2) is 5.69 Å². The van der Waals surface area contributed by atoms with E-state index in [0.717, 1.165) is 11.3 Å². The molecule has 1 aromatic heterocycles. The minimum absolute atomic E-state index is 0.0291. The zero-order valence-corrected chi connectivity index (χ0v) is 17.3. The molecule has 148 valence electrons. The standard InChI is InChI=1S/C20H17ClN4O3S/c1-22-12-9-16(24(2)3)13-7-8-25(17(13)10-12)29(27,28)18-6-4-5-14-19(18)15(21)11-23-20(14)26/h4-6,9-11H,7-8H2,2-3H3,(H,23,26). The van der Waals surface area contributed by atoms with Crippen molar-refractivity contribution in [1.82, 2.24) is 4.98 Å². The van der Waals surface area contributed by atoms with Crippen molar-refractivity contribution in [3.8, 4) is 0 Å². The van der Waals surface area contributed by atoms with E-state index in [2.05, 4.69) is 9.83 Å². The van der Waals surface area contributed by atoms with E-state index in [1.54, 1.807) is 12.1 Å². The van der Waals surface area contributed by atoms with Crippen LogP contribution in [0, 0.1) is 6.57 Å². The number of rotatable bonds is 3. The molecule has 0 fully saturated rings. The van der Waals surface area contributed by atoms with E-state index in [4.69, 9.17) is 18.2 Å². The molecule has 29 heavy (non-hydrogen) atoms. The van der Waals surface area contributed by atoms with Gasteiger partial charge in [-0.05, 0) is 36.2 Å². The largest absolute Gasteiger partial charge is 0.378 e. The van der Waals surface area contributed by atoms with Crippen molar-refractivity contribution in [2.24, 2.45) is 0 Å². The van der Waals surface area contributed by atoms with Crippen LogP contribution in [0.15, 0.2) is 46.2 Å². The van der Waals surface area contributed by atoms with Gasteiger partial charge in [-0.3, -0.25) is 9.10 Å². The van der Waals surface area contributed by atoms with E-state index in [9.17, 15) is 13.2 Å². The Labute approximate surface area is 173 Å². The molecule has 2 heterocycles. The highest BCUT2D eigenvalue weighted by molar-refractivity contribution is 7.93. The lowest BCUT2D eigenvalue weighted by molar-refractivity contribution is 0.593. The molecule has 7 nitrogen and oxygen atoms in total. The summed E-state index contributed by atoms with van der Waals surface area (Å²) in [5, 5.41) is 0.560. The summed E-state index contributed by atoms with van der Waals surface area (Å²) in [7, 11) is -0.294. The van der Waals surface area contributed by atoms with Gasteiger partial charge < -0.3 is 9.88 Å². The van der Waals surface area contributed by atoms with Gasteiger partial charge in [-0.1, -0.05) is 17.7 Å². The maximum Gasteiger partial charge on any atom is 0.264 e. The molecule has 0 aliphatic carbocycles. The number of hydrogen-bond donors (Lipinski definition) is 1. The fourth-order valence-electron chi connectivity index (χ4n) is 3.73. The van der Waals surface area contributed by atoms with Crippen molar-refractivity contribution in [2.45, 2.75) is 11.3 Å². The molecule has 9 heteroatoms. The number of benzene rings is 2. The summed E-state index contributed by atoms with van der Waals surface area (Å²) in [5.74, 6) is 0. The van der Waals surface area contributed by atoms with Crippen LogP contribution in [-0.4, -0.2) is 34.0 Å². The number of aromatic nitrogens is 1. The zero-order chi connectivity index (χ0) is 20.9. The maximum atomic E-state index is 13.6. The van der Waals surface area contributed by atoms with Gasteiger partial charge in [0.05, 0.1) is 16.5 Å². The number of H-pyrrole nitrogens is 1. The monoisotopic (exact) mass is 428 g/mol. The van der Waals surface area contributed by atoms with Crippen LogP contribution in [0.1, 0.15) is 5.56 Å². The van der Waals surface area contributed by atoms with Crippen LogP contribution in [0.3, 0.4) is 0 Å². The third kappa shape index (κ3) is 2.94. The fourth-order valence-corrected chi connectivity index (χ4v) is 5.77. The lowest BCUT2D eigenvalue weighted by Crippen LogP contribution is -2.29. The van der Waals surface area contributed by atoms with Gasteiger partial charge in [0.1, 0.15) is 0 Å². The van der Waals surface area contributed by atoms with E-state index >= 15 is 0 Å². The minimum atomic E-state index is -4.01. The summed E-state index contributed by atoms with van der Waals surface area (Å²) in [6.45, 7) is 7.62. The van der Waals surface area contributed by atoms with Crippen molar-refractivity contribution >= 4 is 49.5 Å². The number of aromatic amines is 1. The Hall–Kier alpha value is -3.02. The van der Waals surface area contributed by atoms with Crippen LogP contribution in [0.5, 0.6) is 0 Å². The van der Waals surface area contributed by atoms with Gasteiger partial charge in [-0.15, -0.1) is 0 Å². The lowest BCUT2D eigenvalue weighted by Gasteiger charge is -2.23. The molecule has 1 N–H and O–H groups in total. The summed E-state index contributed by atoms with van der Waals surface area (Å²) in [6, 6.07) is 7.87. The first-order valence-electron chi connectivity index (χ1n) is 8.80. The average Bonchev–Trinajstić information content (AvgIpc) is 3.14. The summed E-state index contributed by atoms with van der Waals surface area (Å²) in [5.41, 5.74) is 2.13. The molecule has 0 amide bonds. The Morgan fingerprint density at radius 1 is 1.28 bits per heavy atom. The third-order valence-electron chi connectivity index (χ3n) is 5.04. The molecule has 0 saturated carbocycles. The summed E-state index contributed by atoms with van der Waals surface area (Å²) in [4.78, 5) is 20.0. The molecule has 4 rings (SSSR count). The molecule has 3 aromatic rings. The third-order valence-corrected chi connectivity index (χ3v) is 7.19. The van der Waals surface area contributed by atoms with E-state index in [1.807, 2.05) is 19.0 Å². The first kappa shape index (κ1) is 19.3. The van der Waals surface area contributed by atoms with E-state index in [1.165, 1.54) is 28.7 Å². The number of sulfonamides is 1. The summed E-state index contributed by atoms with van der Waals surface area (Å²) < 4.78 is 28.5. The molecule has 0 saturated heterocycles. The van der Waals surface area contributed by atoms with Gasteiger partial charge in [-0.25, -0.2) is 13.3 Å². The Balaban J connectivity index is 1.97. The predicted molar refractivity (Wildman–Crippen MR) is 115 cm³/mol. The van der Waals surface area contributed by atoms with Gasteiger partial charge >= 0.3 is 0 Å². The summed E-state index contributed by atoms with van der Waals surface area (Å²) >= 11 is 6.26. The first-order chi connectivity index (χ1) is 13.8. The van der Waals surface area contributed by atoms with E-state index in [-0.39, 0.29) is 27.2 Å². The molecule has 0 atom stereocenters. The maximum absolute atomic E-state index is 13.6. The second kappa shape index (κ2) is 6.79. The predicted octanol–water partition coefficient (Wildman–Crippen LogP) is 3.55. The number of nitrogens with zero attached hydrogens (tertiary/aromatic N) is 3. The van der Waals surface area contributed by atoms with Crippen LogP contribution >= 0.6 is 11.6 Å². The number of hydrogen-bond acceptors (Lipinski definition) is 4. The Bertz CT molecular complexity index is 1360. The highest BCUT2D eigenvalue weighted by Crippen LogP contribution is 2.42. The smallest absolute Gasteiger partial charge is 0.264 e. The molecular formula is C20H17ClN4O3S. The van der Waals surface area contributed by atoms with Crippen LogP contribution in [-0.2, 0) is 16.4 Å². The number of nitrogens with one attached hydrogen (secondary N) is 1. The average molecular weight is 429 g/mol. The fraction of sp³-hybridized carbons (Fsp3) is 0.200. The topological polar surface area (TPSA) is 77.8 Å². The molecule has 1 aliphatic heterocycles. The Morgan fingerprint density at radius 2 is 2.03 bits per heavy atom. The van der Waals surface area contributed by atoms with E-state index in [0.29, 0.717) is 17.8 Å². The quantitative estimate of drug-likeness (QED) is 0.647. The van der Waals surface area contributed by atoms with Crippen LogP contribution in [0.2, 0.25) is 5.02 Å². The number of halogens is 1. The van der Waals surface area contributed by atoms with Crippen LogP contribution in [0.4, 0.5) is 17.1 Å². The SMILES string of the molecule is [C-]#[N+]c1cc(N(C)C)c2c(c1)N(S(=O)(=O)c1cccc3c(=O)[nH]cc(Cl)c13)CC2. The van der Waals surface area contributed by atoms with Gasteiger partial charge in [-0.2, -0.15) is 0 Å². The zero-order valence-electron chi connectivity index (χ0n) is 15.7. The first-order valence-corrected chi connectivity index (χ1v) is 10.6. The Morgan fingerprint density at radius 3 is 2.72 bits per heavy atom. The lowest BCUT2D eigenvalue weighted by atomic mass is 10.1. The van der Waals surface area contributed by atoms with Crippen LogP contribution in [0.25, 0.3) is 15.6 Å². The number of fused-ring (bicyclic) bond motifs is 2. The minimum Gasteiger partial charge on any atom is -0.378 e.